The zero-order valence-corrected chi connectivity index (χ0v) is 10.9. The Bertz CT molecular complexity index is 542. The fourth-order valence-electron chi connectivity index (χ4n) is 1.61. The van der Waals surface area contributed by atoms with Gasteiger partial charge in [0.15, 0.2) is 0 Å². The van der Waals surface area contributed by atoms with Crippen LogP contribution in [0, 0.1) is 0 Å². The first-order valence-electron chi connectivity index (χ1n) is 5.41. The summed E-state index contributed by atoms with van der Waals surface area (Å²) in [6.07, 6.45) is 4.91. The highest BCUT2D eigenvalue weighted by atomic mass is 35.5. The third-order valence-corrected chi connectivity index (χ3v) is 3.17. The van der Waals surface area contributed by atoms with E-state index in [2.05, 4.69) is 0 Å². The molecule has 2 rings (SSSR count). The summed E-state index contributed by atoms with van der Waals surface area (Å²) in [6.45, 7) is 0. The van der Waals surface area contributed by atoms with Crippen molar-refractivity contribution >= 4 is 34.8 Å². The molecule has 1 aromatic rings. The molecule has 0 bridgehead atoms. The van der Waals surface area contributed by atoms with Crippen LogP contribution >= 0.6 is 23.2 Å². The van der Waals surface area contributed by atoms with Crippen molar-refractivity contribution in [3.8, 4) is 0 Å². The van der Waals surface area contributed by atoms with Gasteiger partial charge >= 0.3 is 0 Å². The summed E-state index contributed by atoms with van der Waals surface area (Å²) < 4.78 is -0.987. The number of benzene rings is 1. The minimum Gasteiger partial charge on any atom is -0.285 e. The second-order valence-electron chi connectivity index (χ2n) is 3.98. The van der Waals surface area contributed by atoms with Gasteiger partial charge in [-0.2, -0.15) is 0 Å². The second kappa shape index (κ2) is 5.09. The van der Waals surface area contributed by atoms with Gasteiger partial charge in [-0.1, -0.05) is 65.7 Å². The Balaban J connectivity index is 2.17. The van der Waals surface area contributed by atoms with E-state index in [1.165, 1.54) is 12.2 Å². The minimum atomic E-state index is -0.987. The third-order valence-electron chi connectivity index (χ3n) is 2.61. The van der Waals surface area contributed by atoms with E-state index < -0.39 is 15.9 Å². The summed E-state index contributed by atoms with van der Waals surface area (Å²) in [6, 6.07) is 8.44. The van der Waals surface area contributed by atoms with Crippen LogP contribution in [0.1, 0.15) is 16.8 Å². The molecular weight excluding hydrogens is 271 g/mol. The highest BCUT2D eigenvalue weighted by Crippen LogP contribution is 2.32. The predicted molar refractivity (Wildman–Crippen MR) is 72.1 cm³/mol. The summed E-state index contributed by atoms with van der Waals surface area (Å²) in [5, 5.41) is 0. The number of carbonyl (C=O) groups excluding carboxylic acids is 2. The maximum Gasteiger partial charge on any atom is 0.233 e. The molecule has 0 N–H and O–H groups in total. The molecular formula is C14H10Cl2O2. The Hall–Kier alpha value is -1.38. The van der Waals surface area contributed by atoms with Crippen molar-refractivity contribution in [2.75, 3.05) is 0 Å². The molecule has 92 valence electrons. The van der Waals surface area contributed by atoms with Crippen LogP contribution in [0.4, 0.5) is 0 Å². The highest BCUT2D eigenvalue weighted by Gasteiger charge is 2.26. The van der Waals surface area contributed by atoms with E-state index in [0.29, 0.717) is 17.6 Å². The number of alkyl halides is 2. The first-order chi connectivity index (χ1) is 8.49. The van der Waals surface area contributed by atoms with Crippen LogP contribution in [0.2, 0.25) is 0 Å². The van der Waals surface area contributed by atoms with Crippen molar-refractivity contribution in [3.05, 3.63) is 59.7 Å². The van der Waals surface area contributed by atoms with E-state index in [1.807, 2.05) is 0 Å². The van der Waals surface area contributed by atoms with E-state index in [0.717, 1.165) is 0 Å². The number of Topliss-reactive ketones (excluding diaryl/α,β-unsaturated/α-hetero) is 2. The molecule has 0 saturated carbocycles. The van der Waals surface area contributed by atoms with Gasteiger partial charge in [0.25, 0.3) is 0 Å². The fraction of sp³-hybridized carbons (Fsp3) is 0.143. The first kappa shape index (κ1) is 13.1. The highest BCUT2D eigenvalue weighted by molar-refractivity contribution is 6.51. The fourth-order valence-corrected chi connectivity index (χ4v) is 1.89. The lowest BCUT2D eigenvalue weighted by molar-refractivity contribution is -0.111. The van der Waals surface area contributed by atoms with Gasteiger partial charge in [0.05, 0.1) is 0 Å². The monoisotopic (exact) mass is 280 g/mol. The van der Waals surface area contributed by atoms with E-state index in [4.69, 9.17) is 23.2 Å². The van der Waals surface area contributed by atoms with Crippen LogP contribution in [0.15, 0.2) is 54.1 Å². The zero-order valence-electron chi connectivity index (χ0n) is 9.40. The van der Waals surface area contributed by atoms with Crippen molar-refractivity contribution in [1.29, 1.82) is 0 Å². The number of allylic oxidation sites excluding steroid dienone is 4. The Morgan fingerprint density at radius 1 is 1.06 bits per heavy atom. The molecule has 0 amide bonds. The van der Waals surface area contributed by atoms with Crippen LogP contribution in [0.3, 0.4) is 0 Å². The van der Waals surface area contributed by atoms with Gasteiger partial charge in [0, 0.05) is 17.6 Å². The molecule has 0 aliphatic heterocycles. The number of hydrogen-bond acceptors (Lipinski definition) is 2. The van der Waals surface area contributed by atoms with Crippen LogP contribution in [0.5, 0.6) is 0 Å². The molecule has 18 heavy (non-hydrogen) atoms. The third kappa shape index (κ3) is 2.89. The number of hydrogen-bond donors (Lipinski definition) is 0. The molecule has 0 unspecified atom stereocenters. The largest absolute Gasteiger partial charge is 0.285 e. The standard InChI is InChI=1S/C14H10Cl2O2/c15-14(16)8-6-11(7-9-14)13(18)12(17)10-4-2-1-3-5-10/h1-8H,9H2. The molecule has 0 atom stereocenters. The molecule has 4 heteroatoms. The molecule has 0 fully saturated rings. The zero-order chi connectivity index (χ0) is 13.2. The van der Waals surface area contributed by atoms with E-state index in [-0.39, 0.29) is 0 Å². The molecule has 0 heterocycles. The lowest BCUT2D eigenvalue weighted by atomic mass is 9.97. The van der Waals surface area contributed by atoms with Gasteiger partial charge in [-0.15, -0.1) is 0 Å². The molecule has 0 spiro atoms. The van der Waals surface area contributed by atoms with Crippen LogP contribution in [-0.4, -0.2) is 15.9 Å². The Kier molecular flexibility index (Phi) is 3.69. The summed E-state index contributed by atoms with van der Waals surface area (Å²) in [5.74, 6) is -1.07. The molecule has 2 nitrogen and oxygen atoms in total. The van der Waals surface area contributed by atoms with Gasteiger partial charge < -0.3 is 0 Å². The smallest absolute Gasteiger partial charge is 0.233 e. The lowest BCUT2D eigenvalue weighted by Crippen LogP contribution is -2.19. The number of ketones is 2. The maximum atomic E-state index is 12.0. The van der Waals surface area contributed by atoms with Gasteiger partial charge in [0.2, 0.25) is 11.6 Å². The Labute approximate surface area is 115 Å². The van der Waals surface area contributed by atoms with Gasteiger partial charge in [0.1, 0.15) is 4.33 Å². The lowest BCUT2D eigenvalue weighted by Gasteiger charge is -2.17. The van der Waals surface area contributed by atoms with Crippen LogP contribution in [0.25, 0.3) is 0 Å². The first-order valence-corrected chi connectivity index (χ1v) is 6.16. The van der Waals surface area contributed by atoms with E-state index >= 15 is 0 Å². The molecule has 0 aromatic heterocycles. The Morgan fingerprint density at radius 3 is 2.28 bits per heavy atom. The van der Waals surface area contributed by atoms with Crippen molar-refractivity contribution in [3.63, 3.8) is 0 Å². The molecule has 0 radical (unpaired) electrons. The molecule has 1 aliphatic carbocycles. The molecule has 1 aliphatic rings. The predicted octanol–water partition coefficient (Wildman–Crippen LogP) is 3.50. The van der Waals surface area contributed by atoms with Crippen molar-refractivity contribution in [2.45, 2.75) is 10.8 Å². The number of carbonyl (C=O) groups is 2. The van der Waals surface area contributed by atoms with Crippen LogP contribution in [-0.2, 0) is 4.79 Å². The van der Waals surface area contributed by atoms with Crippen molar-refractivity contribution in [1.82, 2.24) is 0 Å². The van der Waals surface area contributed by atoms with Crippen molar-refractivity contribution in [2.24, 2.45) is 0 Å². The number of halogens is 2. The average molecular weight is 281 g/mol. The van der Waals surface area contributed by atoms with Gasteiger partial charge in [-0.25, -0.2) is 0 Å². The van der Waals surface area contributed by atoms with E-state index in [1.54, 1.807) is 36.4 Å². The van der Waals surface area contributed by atoms with Crippen LogP contribution < -0.4 is 0 Å². The normalized spacial score (nSPS) is 17.1. The molecule has 1 aromatic carbocycles. The minimum absolute atomic E-state index is 0.315. The maximum absolute atomic E-state index is 12.0. The second-order valence-corrected chi connectivity index (χ2v) is 5.52. The van der Waals surface area contributed by atoms with Gasteiger partial charge in [-0.05, 0) is 6.08 Å². The summed E-state index contributed by atoms with van der Waals surface area (Å²) in [7, 11) is 0. The quantitative estimate of drug-likeness (QED) is 0.483. The molecule has 0 saturated heterocycles. The van der Waals surface area contributed by atoms with E-state index in [9.17, 15) is 9.59 Å². The SMILES string of the molecule is O=C(C(=O)c1ccccc1)C1=CCC(Cl)(Cl)C=C1. The van der Waals surface area contributed by atoms with Crippen molar-refractivity contribution < 1.29 is 9.59 Å². The average Bonchev–Trinajstić information content (AvgIpc) is 2.38. The number of rotatable bonds is 3. The Morgan fingerprint density at radius 2 is 1.72 bits per heavy atom. The van der Waals surface area contributed by atoms with Gasteiger partial charge in [-0.3, -0.25) is 9.59 Å². The summed E-state index contributed by atoms with van der Waals surface area (Å²) >= 11 is 11.8. The summed E-state index contributed by atoms with van der Waals surface area (Å²) in [4.78, 5) is 23.9. The summed E-state index contributed by atoms with van der Waals surface area (Å²) in [5.41, 5.74) is 0.714. The topological polar surface area (TPSA) is 34.1 Å².